The Morgan fingerprint density at radius 3 is 2.41 bits per heavy atom. The minimum atomic E-state index is -0.0683. The molecule has 1 saturated heterocycles. The van der Waals surface area contributed by atoms with Crippen LogP contribution >= 0.6 is 11.8 Å². The third-order valence-electron chi connectivity index (χ3n) is 5.18. The number of amidine groups is 1. The second kappa shape index (κ2) is 10.6. The van der Waals surface area contributed by atoms with Crippen molar-refractivity contribution in [2.24, 2.45) is 4.99 Å². The van der Waals surface area contributed by atoms with Gasteiger partial charge in [0.1, 0.15) is 0 Å². The molecule has 34 heavy (non-hydrogen) atoms. The van der Waals surface area contributed by atoms with Gasteiger partial charge in [0.05, 0.1) is 30.4 Å². The molecule has 0 aliphatic carbocycles. The fourth-order valence-corrected chi connectivity index (χ4v) is 4.50. The minimum absolute atomic E-state index is 0.0390. The van der Waals surface area contributed by atoms with E-state index in [2.05, 4.69) is 0 Å². The Kier molecular flexibility index (Phi) is 7.38. The lowest BCUT2D eigenvalue weighted by Crippen LogP contribution is -2.28. The van der Waals surface area contributed by atoms with E-state index in [1.807, 2.05) is 99.6 Å². The predicted molar refractivity (Wildman–Crippen MR) is 140 cm³/mol. The molecule has 1 aliphatic rings. The van der Waals surface area contributed by atoms with E-state index in [4.69, 9.17) is 14.5 Å². The SMILES string of the molecule is COc1cc(/C=C2/SC(=Nc3ccc(C)cc3)N(Cc3ccccc3)C2=O)ccc1OC(C)C. The molecule has 0 bridgehead atoms. The van der Waals surface area contributed by atoms with Crippen LogP contribution in [0.1, 0.15) is 30.5 Å². The molecule has 4 rings (SSSR count). The summed E-state index contributed by atoms with van der Waals surface area (Å²) in [7, 11) is 1.61. The van der Waals surface area contributed by atoms with Crippen LogP contribution in [0.25, 0.3) is 6.08 Å². The maximum Gasteiger partial charge on any atom is 0.267 e. The van der Waals surface area contributed by atoms with Crippen LogP contribution in [0.15, 0.2) is 82.7 Å². The van der Waals surface area contributed by atoms with Crippen LogP contribution in [0, 0.1) is 6.92 Å². The molecule has 0 radical (unpaired) electrons. The Morgan fingerprint density at radius 2 is 1.74 bits per heavy atom. The fourth-order valence-electron chi connectivity index (χ4n) is 3.50. The zero-order valence-electron chi connectivity index (χ0n) is 19.8. The van der Waals surface area contributed by atoms with Gasteiger partial charge >= 0.3 is 0 Å². The van der Waals surface area contributed by atoms with Crippen LogP contribution in [-0.2, 0) is 11.3 Å². The van der Waals surface area contributed by atoms with Crippen molar-refractivity contribution in [1.82, 2.24) is 4.90 Å². The van der Waals surface area contributed by atoms with Gasteiger partial charge < -0.3 is 9.47 Å². The molecular weight excluding hydrogens is 444 g/mol. The number of ether oxygens (including phenoxy) is 2. The molecule has 3 aromatic rings. The smallest absolute Gasteiger partial charge is 0.267 e. The average Bonchev–Trinajstić information content (AvgIpc) is 3.10. The summed E-state index contributed by atoms with van der Waals surface area (Å²) < 4.78 is 11.3. The minimum Gasteiger partial charge on any atom is -0.493 e. The number of aryl methyl sites for hydroxylation is 1. The number of hydrogen-bond donors (Lipinski definition) is 0. The van der Waals surface area contributed by atoms with Gasteiger partial charge in [-0.3, -0.25) is 9.69 Å². The van der Waals surface area contributed by atoms with Gasteiger partial charge in [-0.15, -0.1) is 0 Å². The molecule has 0 N–H and O–H groups in total. The highest BCUT2D eigenvalue weighted by atomic mass is 32.2. The first-order chi connectivity index (χ1) is 16.4. The number of carbonyl (C=O) groups excluding carboxylic acids is 1. The van der Waals surface area contributed by atoms with E-state index in [0.717, 1.165) is 16.8 Å². The van der Waals surface area contributed by atoms with Gasteiger partial charge in [-0.1, -0.05) is 54.1 Å². The zero-order valence-corrected chi connectivity index (χ0v) is 20.6. The summed E-state index contributed by atoms with van der Waals surface area (Å²) >= 11 is 1.38. The number of carbonyl (C=O) groups is 1. The third kappa shape index (κ3) is 5.69. The highest BCUT2D eigenvalue weighted by Crippen LogP contribution is 2.37. The summed E-state index contributed by atoms with van der Waals surface area (Å²) in [5.41, 5.74) is 3.89. The standard InChI is InChI=1S/C28H28N2O3S/c1-19(2)33-24-15-12-22(16-25(24)32-4)17-26-27(31)30(18-21-8-6-5-7-9-21)28(34-26)29-23-13-10-20(3)11-14-23/h5-17,19H,18H2,1-4H3/b26-17+,29-28?. The first-order valence-corrected chi connectivity index (χ1v) is 12.0. The fraction of sp³-hybridized carbons (Fsp3) is 0.214. The molecule has 0 aromatic heterocycles. The molecule has 5 nitrogen and oxygen atoms in total. The molecule has 0 spiro atoms. The molecule has 1 amide bonds. The van der Waals surface area contributed by atoms with Crippen LogP contribution in [0.4, 0.5) is 5.69 Å². The van der Waals surface area contributed by atoms with Crippen molar-refractivity contribution < 1.29 is 14.3 Å². The lowest BCUT2D eigenvalue weighted by atomic mass is 10.1. The molecule has 0 unspecified atom stereocenters. The van der Waals surface area contributed by atoms with Gasteiger partial charge in [-0.05, 0) is 74.0 Å². The second-order valence-corrected chi connectivity index (χ2v) is 9.30. The zero-order chi connectivity index (χ0) is 24.1. The number of methoxy groups -OCH3 is 1. The number of amides is 1. The maximum absolute atomic E-state index is 13.4. The molecule has 1 fully saturated rings. The number of nitrogens with zero attached hydrogens (tertiary/aromatic N) is 2. The van der Waals surface area contributed by atoms with Crippen molar-refractivity contribution in [3.8, 4) is 11.5 Å². The monoisotopic (exact) mass is 472 g/mol. The van der Waals surface area contributed by atoms with E-state index in [-0.39, 0.29) is 12.0 Å². The quantitative estimate of drug-likeness (QED) is 0.364. The van der Waals surface area contributed by atoms with Crippen molar-refractivity contribution >= 4 is 34.6 Å². The number of thioether (sulfide) groups is 1. The molecule has 3 aromatic carbocycles. The highest BCUT2D eigenvalue weighted by molar-refractivity contribution is 8.18. The first kappa shape index (κ1) is 23.6. The van der Waals surface area contributed by atoms with Gasteiger partial charge in [-0.25, -0.2) is 4.99 Å². The molecule has 0 atom stereocenters. The van der Waals surface area contributed by atoms with Gasteiger partial charge in [0, 0.05) is 0 Å². The van der Waals surface area contributed by atoms with E-state index >= 15 is 0 Å². The van der Waals surface area contributed by atoms with E-state index in [0.29, 0.717) is 28.1 Å². The molecule has 1 heterocycles. The summed E-state index contributed by atoms with van der Waals surface area (Å²) in [5.74, 6) is 1.24. The van der Waals surface area contributed by atoms with Gasteiger partial charge in [0.15, 0.2) is 16.7 Å². The molecule has 174 valence electrons. The van der Waals surface area contributed by atoms with Crippen LogP contribution in [0.5, 0.6) is 11.5 Å². The largest absolute Gasteiger partial charge is 0.493 e. The Morgan fingerprint density at radius 1 is 1.00 bits per heavy atom. The van der Waals surface area contributed by atoms with Crippen molar-refractivity contribution in [3.63, 3.8) is 0 Å². The van der Waals surface area contributed by atoms with E-state index in [9.17, 15) is 4.79 Å². The van der Waals surface area contributed by atoms with Crippen molar-refractivity contribution in [2.45, 2.75) is 33.4 Å². The van der Waals surface area contributed by atoms with E-state index in [1.165, 1.54) is 17.3 Å². The Bertz CT molecular complexity index is 1220. The first-order valence-electron chi connectivity index (χ1n) is 11.2. The second-order valence-electron chi connectivity index (χ2n) is 8.29. The topological polar surface area (TPSA) is 51.1 Å². The molecule has 6 heteroatoms. The summed E-state index contributed by atoms with van der Waals surface area (Å²) in [5, 5.41) is 0.663. The van der Waals surface area contributed by atoms with Gasteiger partial charge in [0.2, 0.25) is 0 Å². The van der Waals surface area contributed by atoms with Crippen LogP contribution < -0.4 is 9.47 Å². The summed E-state index contributed by atoms with van der Waals surface area (Å²) in [6.45, 7) is 6.44. The van der Waals surface area contributed by atoms with E-state index in [1.54, 1.807) is 12.0 Å². The van der Waals surface area contributed by atoms with Crippen molar-refractivity contribution in [3.05, 3.63) is 94.4 Å². The number of hydrogen-bond acceptors (Lipinski definition) is 5. The van der Waals surface area contributed by atoms with Crippen LogP contribution in [0.3, 0.4) is 0 Å². The van der Waals surface area contributed by atoms with Crippen LogP contribution in [-0.4, -0.2) is 29.2 Å². The maximum atomic E-state index is 13.4. The lowest BCUT2D eigenvalue weighted by molar-refractivity contribution is -0.122. The summed E-state index contributed by atoms with van der Waals surface area (Å²) in [6, 6.07) is 23.6. The third-order valence-corrected chi connectivity index (χ3v) is 6.19. The highest BCUT2D eigenvalue weighted by Gasteiger charge is 2.33. The van der Waals surface area contributed by atoms with Crippen LogP contribution in [0.2, 0.25) is 0 Å². The van der Waals surface area contributed by atoms with Gasteiger partial charge in [0.25, 0.3) is 5.91 Å². The van der Waals surface area contributed by atoms with Crippen molar-refractivity contribution in [2.75, 3.05) is 7.11 Å². The molecule has 1 aliphatic heterocycles. The number of rotatable bonds is 7. The molecule has 0 saturated carbocycles. The number of aliphatic imine (C=N–C) groups is 1. The summed E-state index contributed by atoms with van der Waals surface area (Å²) in [6.07, 6.45) is 1.92. The molecular formula is C28H28N2O3S. The normalized spacial score (nSPS) is 16.0. The average molecular weight is 473 g/mol. The Hall–Kier alpha value is -3.51. The predicted octanol–water partition coefficient (Wildman–Crippen LogP) is 6.60. The lowest BCUT2D eigenvalue weighted by Gasteiger charge is -2.15. The Labute approximate surface area is 205 Å². The van der Waals surface area contributed by atoms with Gasteiger partial charge in [-0.2, -0.15) is 0 Å². The van der Waals surface area contributed by atoms with Crippen molar-refractivity contribution in [1.29, 1.82) is 0 Å². The van der Waals surface area contributed by atoms with E-state index < -0.39 is 0 Å². The number of benzene rings is 3. The Balaban J connectivity index is 1.67. The summed E-state index contributed by atoms with van der Waals surface area (Å²) in [4.78, 5) is 20.6.